The quantitative estimate of drug-likeness (QED) is 0.550. The van der Waals surface area contributed by atoms with Crippen molar-refractivity contribution >= 4 is 5.91 Å². The first kappa shape index (κ1) is 11.4. The third-order valence-corrected chi connectivity index (χ3v) is 2.40. The summed E-state index contributed by atoms with van der Waals surface area (Å²) >= 11 is 0. The van der Waals surface area contributed by atoms with E-state index in [1.165, 1.54) is 0 Å². The maximum atomic E-state index is 11.5. The Kier molecular flexibility index (Phi) is 4.86. The van der Waals surface area contributed by atoms with Gasteiger partial charge in [-0.3, -0.25) is 9.69 Å². The van der Waals surface area contributed by atoms with Crippen molar-refractivity contribution < 1.29 is 15.0 Å². The molecule has 5 heteroatoms. The minimum absolute atomic E-state index is 0.0211. The number of amides is 1. The fraction of sp³-hybridized carbons (Fsp3) is 0.889. The molecular weight excluding hydrogens is 184 g/mol. The molecule has 82 valence electrons. The maximum absolute atomic E-state index is 11.5. The van der Waals surface area contributed by atoms with Crippen molar-refractivity contribution in [1.29, 1.82) is 0 Å². The average Bonchev–Trinajstić information content (AvgIpc) is 2.01. The summed E-state index contributed by atoms with van der Waals surface area (Å²) in [5.74, 6) is 0.0955. The first-order valence-corrected chi connectivity index (χ1v) is 4.99. The monoisotopic (exact) mass is 202 g/mol. The number of aliphatic hydroxyl groups excluding tert-OH is 2. The minimum Gasteiger partial charge on any atom is -0.395 e. The molecule has 1 rings (SSSR count). The third kappa shape index (κ3) is 3.25. The summed E-state index contributed by atoms with van der Waals surface area (Å²) in [6, 6.07) is 0. The zero-order chi connectivity index (χ0) is 10.4. The third-order valence-electron chi connectivity index (χ3n) is 2.40. The summed E-state index contributed by atoms with van der Waals surface area (Å²) in [6.45, 7) is 2.94. The predicted molar refractivity (Wildman–Crippen MR) is 51.8 cm³/mol. The molecule has 0 atom stereocenters. The van der Waals surface area contributed by atoms with E-state index in [0.717, 1.165) is 19.5 Å². The van der Waals surface area contributed by atoms with Crippen LogP contribution in [0.5, 0.6) is 0 Å². The summed E-state index contributed by atoms with van der Waals surface area (Å²) < 4.78 is 0. The van der Waals surface area contributed by atoms with Gasteiger partial charge in [0, 0.05) is 26.2 Å². The van der Waals surface area contributed by atoms with Crippen molar-refractivity contribution in [2.45, 2.75) is 6.42 Å². The van der Waals surface area contributed by atoms with Crippen molar-refractivity contribution in [1.82, 2.24) is 9.80 Å². The van der Waals surface area contributed by atoms with Gasteiger partial charge >= 0.3 is 0 Å². The molecule has 0 aromatic rings. The topological polar surface area (TPSA) is 64.0 Å². The fourth-order valence-corrected chi connectivity index (χ4v) is 1.41. The fourth-order valence-electron chi connectivity index (χ4n) is 1.41. The van der Waals surface area contributed by atoms with E-state index >= 15 is 0 Å². The summed E-state index contributed by atoms with van der Waals surface area (Å²) in [7, 11) is 0. The van der Waals surface area contributed by atoms with Gasteiger partial charge in [-0.25, -0.2) is 0 Å². The van der Waals surface area contributed by atoms with E-state index in [1.54, 1.807) is 9.80 Å². The van der Waals surface area contributed by atoms with Crippen LogP contribution in [0.15, 0.2) is 0 Å². The lowest BCUT2D eigenvalue weighted by atomic mass is 10.2. The number of hydrogen-bond donors (Lipinski definition) is 2. The Labute approximate surface area is 83.9 Å². The Morgan fingerprint density at radius 3 is 2.14 bits per heavy atom. The van der Waals surface area contributed by atoms with Crippen LogP contribution in [-0.4, -0.2) is 71.9 Å². The lowest BCUT2D eigenvalue weighted by Crippen LogP contribution is -2.48. The SMILES string of the molecule is O=C(CN(CCO)CCO)N1CCC1. The van der Waals surface area contributed by atoms with E-state index in [2.05, 4.69) is 0 Å². The van der Waals surface area contributed by atoms with Crippen LogP contribution in [0.1, 0.15) is 6.42 Å². The summed E-state index contributed by atoms with van der Waals surface area (Å²) in [5.41, 5.74) is 0. The van der Waals surface area contributed by atoms with Gasteiger partial charge < -0.3 is 15.1 Å². The summed E-state index contributed by atoms with van der Waals surface area (Å²) in [6.07, 6.45) is 1.09. The molecule has 0 aliphatic carbocycles. The number of nitrogens with zero attached hydrogens (tertiary/aromatic N) is 2. The van der Waals surface area contributed by atoms with Gasteiger partial charge in [0.05, 0.1) is 19.8 Å². The smallest absolute Gasteiger partial charge is 0.236 e. The molecule has 0 bridgehead atoms. The van der Waals surface area contributed by atoms with Crippen LogP contribution in [0, 0.1) is 0 Å². The second-order valence-electron chi connectivity index (χ2n) is 3.46. The van der Waals surface area contributed by atoms with Crippen molar-refractivity contribution in [3.05, 3.63) is 0 Å². The highest BCUT2D eigenvalue weighted by molar-refractivity contribution is 5.78. The molecule has 0 aromatic carbocycles. The Morgan fingerprint density at radius 2 is 1.79 bits per heavy atom. The number of carbonyl (C=O) groups is 1. The van der Waals surface area contributed by atoms with Gasteiger partial charge in [0.2, 0.25) is 5.91 Å². The summed E-state index contributed by atoms with van der Waals surface area (Å²) in [4.78, 5) is 15.1. The predicted octanol–water partition coefficient (Wildman–Crippen LogP) is -1.49. The van der Waals surface area contributed by atoms with E-state index in [9.17, 15) is 4.79 Å². The number of rotatable bonds is 6. The molecule has 1 amide bonds. The number of hydrogen-bond acceptors (Lipinski definition) is 4. The Balaban J connectivity index is 2.25. The second-order valence-corrected chi connectivity index (χ2v) is 3.46. The molecule has 1 aliphatic heterocycles. The number of aliphatic hydroxyl groups is 2. The molecule has 0 unspecified atom stereocenters. The first-order chi connectivity index (χ1) is 6.77. The van der Waals surface area contributed by atoms with Crippen LogP contribution >= 0.6 is 0 Å². The van der Waals surface area contributed by atoms with E-state index in [-0.39, 0.29) is 19.1 Å². The van der Waals surface area contributed by atoms with Gasteiger partial charge in [-0.15, -0.1) is 0 Å². The first-order valence-electron chi connectivity index (χ1n) is 4.99. The highest BCUT2D eigenvalue weighted by atomic mass is 16.3. The number of carbonyl (C=O) groups excluding carboxylic acids is 1. The Bertz CT molecular complexity index is 177. The van der Waals surface area contributed by atoms with E-state index < -0.39 is 0 Å². The van der Waals surface area contributed by atoms with Crippen LogP contribution in [-0.2, 0) is 4.79 Å². The highest BCUT2D eigenvalue weighted by Crippen LogP contribution is 2.06. The molecule has 0 saturated carbocycles. The van der Waals surface area contributed by atoms with Crippen molar-refractivity contribution in [2.75, 3.05) is 45.9 Å². The molecule has 5 nitrogen and oxygen atoms in total. The van der Waals surface area contributed by atoms with Crippen LogP contribution in [0.4, 0.5) is 0 Å². The van der Waals surface area contributed by atoms with E-state index in [0.29, 0.717) is 19.6 Å². The van der Waals surface area contributed by atoms with Crippen LogP contribution < -0.4 is 0 Å². The largest absolute Gasteiger partial charge is 0.395 e. The lowest BCUT2D eigenvalue weighted by molar-refractivity contribution is -0.136. The van der Waals surface area contributed by atoms with Crippen LogP contribution in [0.3, 0.4) is 0 Å². The summed E-state index contributed by atoms with van der Waals surface area (Å²) in [5, 5.41) is 17.5. The van der Waals surface area contributed by atoms with Crippen LogP contribution in [0.25, 0.3) is 0 Å². The normalized spacial score (nSPS) is 15.8. The lowest BCUT2D eigenvalue weighted by Gasteiger charge is -2.33. The second kappa shape index (κ2) is 5.95. The van der Waals surface area contributed by atoms with Crippen molar-refractivity contribution in [3.63, 3.8) is 0 Å². The standard InChI is InChI=1S/C9H18N2O3/c12-6-4-10(5-7-13)8-9(14)11-2-1-3-11/h12-13H,1-8H2. The van der Waals surface area contributed by atoms with Gasteiger partial charge in [-0.2, -0.15) is 0 Å². The molecule has 1 fully saturated rings. The minimum atomic E-state index is 0.0211. The molecule has 0 spiro atoms. The molecule has 1 saturated heterocycles. The van der Waals surface area contributed by atoms with Gasteiger partial charge in [-0.1, -0.05) is 0 Å². The highest BCUT2D eigenvalue weighted by Gasteiger charge is 2.21. The molecule has 0 aromatic heterocycles. The molecular formula is C9H18N2O3. The van der Waals surface area contributed by atoms with Gasteiger partial charge in [0.15, 0.2) is 0 Å². The van der Waals surface area contributed by atoms with Gasteiger partial charge in [0.25, 0.3) is 0 Å². The number of likely N-dealkylation sites (tertiary alicyclic amines) is 1. The molecule has 1 heterocycles. The van der Waals surface area contributed by atoms with Gasteiger partial charge in [-0.05, 0) is 6.42 Å². The zero-order valence-electron chi connectivity index (χ0n) is 8.35. The van der Waals surface area contributed by atoms with Crippen molar-refractivity contribution in [2.24, 2.45) is 0 Å². The van der Waals surface area contributed by atoms with Crippen LogP contribution in [0.2, 0.25) is 0 Å². The molecule has 1 aliphatic rings. The van der Waals surface area contributed by atoms with Crippen molar-refractivity contribution in [3.8, 4) is 0 Å². The molecule has 14 heavy (non-hydrogen) atoms. The Morgan fingerprint density at radius 1 is 1.21 bits per heavy atom. The molecule has 2 N–H and O–H groups in total. The average molecular weight is 202 g/mol. The van der Waals surface area contributed by atoms with E-state index in [1.807, 2.05) is 0 Å². The zero-order valence-corrected chi connectivity index (χ0v) is 8.35. The van der Waals surface area contributed by atoms with Gasteiger partial charge in [0.1, 0.15) is 0 Å². The molecule has 0 radical (unpaired) electrons. The van der Waals surface area contributed by atoms with E-state index in [4.69, 9.17) is 10.2 Å². The maximum Gasteiger partial charge on any atom is 0.236 e. The Hall–Kier alpha value is -0.650.